The fraction of sp³-hybridized carbons (Fsp3) is 0. The van der Waals surface area contributed by atoms with Crippen molar-refractivity contribution in [2.45, 2.75) is 0 Å². The van der Waals surface area contributed by atoms with Crippen molar-refractivity contribution in [2.24, 2.45) is 0 Å². The monoisotopic (exact) mass is 321 g/mol. The first-order valence-electron chi connectivity index (χ1n) is 4.89. The number of halogens is 4. The lowest BCUT2D eigenvalue weighted by molar-refractivity contribution is 0.478. The molecule has 0 saturated carbocycles. The summed E-state index contributed by atoms with van der Waals surface area (Å²) in [7, 11) is 0. The Labute approximate surface area is 124 Å². The van der Waals surface area contributed by atoms with Crippen LogP contribution in [0.2, 0.25) is 20.1 Å². The molecule has 0 bridgehead atoms. The minimum Gasteiger partial charge on any atom is -0.504 e. The summed E-state index contributed by atoms with van der Waals surface area (Å²) < 4.78 is 0. The van der Waals surface area contributed by atoms with Crippen molar-refractivity contribution in [3.05, 3.63) is 50.4 Å². The Balaban J connectivity index is 2.52. The van der Waals surface area contributed by atoms with E-state index >= 15 is 0 Å². The third-order valence-corrected chi connectivity index (χ3v) is 4.08. The van der Waals surface area contributed by atoms with Gasteiger partial charge >= 0.3 is 0 Å². The van der Waals surface area contributed by atoms with Gasteiger partial charge in [-0.15, -0.1) is 0 Å². The number of anilines is 2. The molecule has 0 aromatic heterocycles. The Morgan fingerprint density at radius 2 is 1.33 bits per heavy atom. The van der Waals surface area contributed by atoms with E-state index in [1.165, 1.54) is 0 Å². The van der Waals surface area contributed by atoms with Crippen molar-refractivity contribution in [1.82, 2.24) is 0 Å². The van der Waals surface area contributed by atoms with Crippen LogP contribution in [0.1, 0.15) is 0 Å². The molecule has 0 atom stereocenters. The van der Waals surface area contributed by atoms with Crippen LogP contribution in [0.15, 0.2) is 30.3 Å². The van der Waals surface area contributed by atoms with E-state index in [1.54, 1.807) is 0 Å². The lowest BCUT2D eigenvalue weighted by Gasteiger charge is -2.14. The van der Waals surface area contributed by atoms with E-state index in [1.807, 2.05) is 30.3 Å². The smallest absolute Gasteiger partial charge is 0.160 e. The molecular formula is C12H7Cl4NO. The van der Waals surface area contributed by atoms with Crippen LogP contribution in [0.4, 0.5) is 11.4 Å². The van der Waals surface area contributed by atoms with E-state index < -0.39 is 0 Å². The van der Waals surface area contributed by atoms with E-state index in [-0.39, 0.29) is 31.5 Å². The minimum atomic E-state index is -0.236. The normalized spacial score (nSPS) is 10.4. The van der Waals surface area contributed by atoms with Gasteiger partial charge in [-0.05, 0) is 12.1 Å². The highest BCUT2D eigenvalue weighted by molar-refractivity contribution is 6.53. The number of phenolic OH excluding ortho intramolecular Hbond substituents is 1. The molecule has 0 saturated heterocycles. The SMILES string of the molecule is Oc1c(Cl)c(Cl)c(Cl)c(Cl)c1Nc1ccccc1. The first-order chi connectivity index (χ1) is 8.52. The van der Waals surface area contributed by atoms with Gasteiger partial charge in [0.15, 0.2) is 5.75 Å². The molecule has 2 rings (SSSR count). The van der Waals surface area contributed by atoms with Crippen LogP contribution in [-0.4, -0.2) is 5.11 Å². The van der Waals surface area contributed by atoms with E-state index in [2.05, 4.69) is 5.32 Å². The number of para-hydroxylation sites is 1. The van der Waals surface area contributed by atoms with Crippen molar-refractivity contribution in [2.75, 3.05) is 5.32 Å². The lowest BCUT2D eigenvalue weighted by atomic mass is 10.2. The molecular weight excluding hydrogens is 316 g/mol. The molecule has 2 aromatic rings. The molecule has 0 heterocycles. The highest BCUT2D eigenvalue weighted by atomic mass is 35.5. The zero-order chi connectivity index (χ0) is 13.3. The predicted octanol–water partition coefficient (Wildman–Crippen LogP) is 5.75. The van der Waals surface area contributed by atoms with Gasteiger partial charge in [0.05, 0.1) is 15.1 Å². The summed E-state index contributed by atoms with van der Waals surface area (Å²) in [5.41, 5.74) is 0.964. The molecule has 0 aliphatic carbocycles. The molecule has 0 spiro atoms. The standard InChI is InChI=1S/C12H7Cl4NO/c13-7-8(14)10(16)12(18)11(9(7)15)17-6-4-2-1-3-5-6/h1-5,17-18H. The summed E-state index contributed by atoms with van der Waals surface area (Å²) in [6, 6.07) is 9.17. The van der Waals surface area contributed by atoms with Gasteiger partial charge in [0.2, 0.25) is 0 Å². The summed E-state index contributed by atoms with van der Waals surface area (Å²) >= 11 is 23.6. The fourth-order valence-corrected chi connectivity index (χ4v) is 2.29. The molecule has 0 fully saturated rings. The predicted molar refractivity (Wildman–Crippen MR) is 77.9 cm³/mol. The molecule has 18 heavy (non-hydrogen) atoms. The maximum Gasteiger partial charge on any atom is 0.160 e. The van der Waals surface area contributed by atoms with E-state index in [0.29, 0.717) is 0 Å². The van der Waals surface area contributed by atoms with Gasteiger partial charge in [-0.25, -0.2) is 0 Å². The van der Waals surface area contributed by atoms with Gasteiger partial charge < -0.3 is 10.4 Å². The summed E-state index contributed by atoms with van der Waals surface area (Å²) in [6.45, 7) is 0. The number of phenols is 1. The third-order valence-electron chi connectivity index (χ3n) is 2.29. The van der Waals surface area contributed by atoms with E-state index in [9.17, 15) is 5.11 Å². The van der Waals surface area contributed by atoms with Crippen LogP contribution in [0.25, 0.3) is 0 Å². The summed E-state index contributed by atoms with van der Waals surface area (Å²) in [5.74, 6) is -0.236. The number of hydrogen-bond acceptors (Lipinski definition) is 2. The molecule has 6 heteroatoms. The largest absolute Gasteiger partial charge is 0.504 e. The van der Waals surface area contributed by atoms with Crippen molar-refractivity contribution < 1.29 is 5.11 Å². The van der Waals surface area contributed by atoms with Gasteiger partial charge in [0.25, 0.3) is 0 Å². The van der Waals surface area contributed by atoms with Gasteiger partial charge in [-0.1, -0.05) is 64.6 Å². The van der Waals surface area contributed by atoms with Crippen molar-refractivity contribution in [3.63, 3.8) is 0 Å². The Bertz CT molecular complexity index is 557. The minimum absolute atomic E-state index is 0.0273. The second kappa shape index (κ2) is 5.45. The Morgan fingerprint density at radius 1 is 0.778 bits per heavy atom. The van der Waals surface area contributed by atoms with Crippen LogP contribution in [-0.2, 0) is 0 Å². The topological polar surface area (TPSA) is 32.3 Å². The molecule has 2 N–H and O–H groups in total. The van der Waals surface area contributed by atoms with Crippen LogP contribution in [0, 0.1) is 0 Å². The van der Waals surface area contributed by atoms with Crippen LogP contribution >= 0.6 is 46.4 Å². The van der Waals surface area contributed by atoms with Crippen molar-refractivity contribution >= 4 is 57.8 Å². The first kappa shape index (κ1) is 13.6. The second-order valence-electron chi connectivity index (χ2n) is 3.47. The average Bonchev–Trinajstić information content (AvgIpc) is 2.40. The van der Waals surface area contributed by atoms with Crippen LogP contribution in [0.3, 0.4) is 0 Å². The van der Waals surface area contributed by atoms with Gasteiger partial charge in [-0.2, -0.15) is 0 Å². The number of nitrogens with one attached hydrogen (secondary N) is 1. The van der Waals surface area contributed by atoms with Crippen LogP contribution < -0.4 is 5.32 Å². The molecule has 0 amide bonds. The van der Waals surface area contributed by atoms with E-state index in [4.69, 9.17) is 46.4 Å². The average molecular weight is 323 g/mol. The molecule has 2 nitrogen and oxygen atoms in total. The molecule has 0 unspecified atom stereocenters. The zero-order valence-corrected chi connectivity index (χ0v) is 11.9. The zero-order valence-electron chi connectivity index (χ0n) is 8.85. The summed E-state index contributed by atoms with van der Waals surface area (Å²) in [6.07, 6.45) is 0. The van der Waals surface area contributed by atoms with Gasteiger partial charge in [-0.3, -0.25) is 0 Å². The Hall–Kier alpha value is -0.800. The second-order valence-corrected chi connectivity index (χ2v) is 4.98. The quantitative estimate of drug-likeness (QED) is 0.419. The Morgan fingerprint density at radius 3 is 1.94 bits per heavy atom. The highest BCUT2D eigenvalue weighted by Crippen LogP contribution is 2.48. The summed E-state index contributed by atoms with van der Waals surface area (Å²) in [4.78, 5) is 0. The highest BCUT2D eigenvalue weighted by Gasteiger charge is 2.19. The van der Waals surface area contributed by atoms with Crippen molar-refractivity contribution in [3.8, 4) is 5.75 Å². The maximum absolute atomic E-state index is 9.92. The van der Waals surface area contributed by atoms with E-state index in [0.717, 1.165) is 5.69 Å². The number of hydrogen-bond donors (Lipinski definition) is 2. The van der Waals surface area contributed by atoms with Crippen LogP contribution in [0.5, 0.6) is 5.75 Å². The third kappa shape index (κ3) is 2.47. The fourth-order valence-electron chi connectivity index (χ4n) is 1.40. The molecule has 2 aromatic carbocycles. The maximum atomic E-state index is 9.92. The number of benzene rings is 2. The van der Waals surface area contributed by atoms with Gasteiger partial charge in [0, 0.05) is 5.69 Å². The molecule has 0 aliphatic rings. The number of aromatic hydroxyl groups is 1. The van der Waals surface area contributed by atoms with Crippen molar-refractivity contribution in [1.29, 1.82) is 0 Å². The lowest BCUT2D eigenvalue weighted by Crippen LogP contribution is -1.93. The molecule has 94 valence electrons. The molecule has 0 radical (unpaired) electrons. The summed E-state index contributed by atoms with van der Waals surface area (Å²) in [5, 5.41) is 13.1. The van der Waals surface area contributed by atoms with Gasteiger partial charge in [0.1, 0.15) is 10.7 Å². The first-order valence-corrected chi connectivity index (χ1v) is 6.40. The number of rotatable bonds is 2. The molecule has 0 aliphatic heterocycles. The Kier molecular flexibility index (Phi) is 4.13.